The average molecular weight is 385 g/mol. The molecule has 1 fully saturated rings. The van der Waals surface area contributed by atoms with Gasteiger partial charge in [-0.25, -0.2) is 4.98 Å². The van der Waals surface area contributed by atoms with Crippen molar-refractivity contribution < 1.29 is 9.84 Å². The van der Waals surface area contributed by atoms with E-state index in [2.05, 4.69) is 19.7 Å². The molecule has 0 radical (unpaired) electrons. The number of hydrogen-bond donors (Lipinski definition) is 1. The summed E-state index contributed by atoms with van der Waals surface area (Å²) in [6, 6.07) is 11.0. The van der Waals surface area contributed by atoms with Gasteiger partial charge in [0, 0.05) is 22.8 Å². The van der Waals surface area contributed by atoms with Gasteiger partial charge in [0.05, 0.1) is 0 Å². The van der Waals surface area contributed by atoms with Gasteiger partial charge in [-0.1, -0.05) is 11.6 Å². The zero-order valence-corrected chi connectivity index (χ0v) is 15.8. The number of nitrogens with zero attached hydrogens (tertiary/aromatic N) is 4. The molecule has 6 nitrogen and oxygen atoms in total. The van der Waals surface area contributed by atoms with Gasteiger partial charge in [-0.2, -0.15) is 0 Å². The molecule has 2 heterocycles. The van der Waals surface area contributed by atoms with E-state index in [0.29, 0.717) is 16.8 Å². The van der Waals surface area contributed by atoms with Gasteiger partial charge >= 0.3 is 0 Å². The first-order valence-electron chi connectivity index (χ1n) is 9.10. The number of pyridine rings is 1. The molecule has 0 bridgehead atoms. The molecule has 3 aromatic rings. The Bertz CT molecular complexity index is 918. The van der Waals surface area contributed by atoms with E-state index in [9.17, 15) is 5.11 Å². The summed E-state index contributed by atoms with van der Waals surface area (Å²) in [5.74, 6) is 2.55. The van der Waals surface area contributed by atoms with Gasteiger partial charge in [0.25, 0.3) is 5.88 Å². The predicted molar refractivity (Wildman–Crippen MR) is 103 cm³/mol. The summed E-state index contributed by atoms with van der Waals surface area (Å²) in [6.45, 7) is 1.96. The SMILES string of the molecule is Cc1nnc([C@H]2CC[C@H](Oc3ncccc3O)CC2)n1-c1ccc(Cl)cc1. The normalized spacial score (nSPS) is 19.8. The maximum absolute atomic E-state index is 9.84. The van der Waals surface area contributed by atoms with Crippen molar-refractivity contribution >= 4 is 11.6 Å². The lowest BCUT2D eigenvalue weighted by atomic mass is 9.86. The molecule has 0 saturated heterocycles. The van der Waals surface area contributed by atoms with Crippen LogP contribution in [0.15, 0.2) is 42.6 Å². The third-order valence-electron chi connectivity index (χ3n) is 5.00. The number of halogens is 1. The lowest BCUT2D eigenvalue weighted by Gasteiger charge is -2.28. The Kier molecular flexibility index (Phi) is 4.99. The molecule has 1 aromatic carbocycles. The maximum atomic E-state index is 9.84. The predicted octanol–water partition coefficient (Wildman–Crippen LogP) is 4.43. The highest BCUT2D eigenvalue weighted by Gasteiger charge is 2.28. The lowest BCUT2D eigenvalue weighted by molar-refractivity contribution is 0.134. The number of benzene rings is 1. The van der Waals surface area contributed by atoms with Crippen LogP contribution in [0.1, 0.15) is 43.3 Å². The van der Waals surface area contributed by atoms with Crippen LogP contribution in [0.5, 0.6) is 11.6 Å². The van der Waals surface area contributed by atoms with Crippen molar-refractivity contribution in [3.63, 3.8) is 0 Å². The van der Waals surface area contributed by atoms with Crippen LogP contribution in [0.2, 0.25) is 5.02 Å². The highest BCUT2D eigenvalue weighted by atomic mass is 35.5. The standard InChI is InChI=1S/C20H21ClN4O2/c1-13-23-24-19(25(13)16-8-6-15(21)7-9-16)14-4-10-17(11-5-14)27-20-18(26)3-2-12-22-20/h2-3,6-9,12,14,17,26H,4-5,10-11H2,1H3/t14-,17-. The van der Waals surface area contributed by atoms with Gasteiger partial charge in [0.2, 0.25) is 0 Å². The van der Waals surface area contributed by atoms with Crippen molar-refractivity contribution in [2.75, 3.05) is 0 Å². The van der Waals surface area contributed by atoms with Crippen molar-refractivity contribution in [2.45, 2.75) is 44.6 Å². The smallest absolute Gasteiger partial charge is 0.257 e. The van der Waals surface area contributed by atoms with Gasteiger partial charge < -0.3 is 9.84 Å². The summed E-state index contributed by atoms with van der Waals surface area (Å²) in [5.41, 5.74) is 1.02. The number of hydrogen-bond acceptors (Lipinski definition) is 5. The summed E-state index contributed by atoms with van der Waals surface area (Å²) < 4.78 is 7.99. The first-order chi connectivity index (χ1) is 13.1. The van der Waals surface area contributed by atoms with Crippen LogP contribution in [0.25, 0.3) is 5.69 Å². The number of aromatic nitrogens is 4. The van der Waals surface area contributed by atoms with Crippen LogP contribution in [0.4, 0.5) is 0 Å². The average Bonchev–Trinajstić information content (AvgIpc) is 3.06. The van der Waals surface area contributed by atoms with Crippen LogP contribution in [0, 0.1) is 6.92 Å². The van der Waals surface area contributed by atoms with E-state index >= 15 is 0 Å². The number of ether oxygens (including phenoxy) is 1. The van der Waals surface area contributed by atoms with Gasteiger partial charge in [0.15, 0.2) is 5.75 Å². The Balaban J connectivity index is 1.47. The molecule has 4 rings (SSSR count). The molecule has 1 aliphatic rings. The van der Waals surface area contributed by atoms with E-state index in [1.807, 2.05) is 31.2 Å². The topological polar surface area (TPSA) is 73.1 Å². The second kappa shape index (κ2) is 7.56. The Labute approximate surface area is 162 Å². The molecular formula is C20H21ClN4O2. The Morgan fingerprint density at radius 2 is 1.81 bits per heavy atom. The molecule has 0 unspecified atom stereocenters. The molecule has 1 aliphatic carbocycles. The van der Waals surface area contributed by atoms with Crippen molar-refractivity contribution in [3.8, 4) is 17.3 Å². The highest BCUT2D eigenvalue weighted by molar-refractivity contribution is 6.30. The van der Waals surface area contributed by atoms with Gasteiger partial charge in [-0.05, 0) is 69.0 Å². The lowest BCUT2D eigenvalue weighted by Crippen LogP contribution is -2.25. The largest absolute Gasteiger partial charge is 0.503 e. The molecule has 140 valence electrons. The molecule has 0 spiro atoms. The molecular weight excluding hydrogens is 364 g/mol. The molecule has 0 amide bonds. The first-order valence-corrected chi connectivity index (χ1v) is 9.48. The zero-order valence-electron chi connectivity index (χ0n) is 15.0. The fourth-order valence-electron chi connectivity index (χ4n) is 3.62. The minimum Gasteiger partial charge on any atom is -0.503 e. The van der Waals surface area contributed by atoms with Crippen LogP contribution in [-0.2, 0) is 0 Å². The summed E-state index contributed by atoms with van der Waals surface area (Å²) in [6.07, 6.45) is 5.34. The van der Waals surface area contributed by atoms with Crippen molar-refractivity contribution in [2.24, 2.45) is 0 Å². The molecule has 2 aromatic heterocycles. The minimum absolute atomic E-state index is 0.0510. The highest BCUT2D eigenvalue weighted by Crippen LogP contribution is 2.36. The van der Waals surface area contributed by atoms with Crippen LogP contribution < -0.4 is 4.74 Å². The molecule has 7 heteroatoms. The van der Waals surface area contributed by atoms with Gasteiger partial charge in [-0.15, -0.1) is 10.2 Å². The van der Waals surface area contributed by atoms with E-state index < -0.39 is 0 Å². The quantitative estimate of drug-likeness (QED) is 0.720. The van der Waals surface area contributed by atoms with Crippen molar-refractivity contribution in [1.82, 2.24) is 19.7 Å². The Morgan fingerprint density at radius 3 is 2.52 bits per heavy atom. The minimum atomic E-state index is 0.0510. The molecule has 0 atom stereocenters. The van der Waals surface area contributed by atoms with Crippen LogP contribution in [-0.4, -0.2) is 31.0 Å². The molecule has 0 aliphatic heterocycles. The van der Waals surface area contributed by atoms with Crippen molar-refractivity contribution in [1.29, 1.82) is 0 Å². The second-order valence-corrected chi connectivity index (χ2v) is 7.27. The second-order valence-electron chi connectivity index (χ2n) is 6.84. The van der Waals surface area contributed by atoms with E-state index in [1.54, 1.807) is 18.3 Å². The van der Waals surface area contributed by atoms with Gasteiger partial charge in [0.1, 0.15) is 17.8 Å². The van der Waals surface area contributed by atoms with E-state index in [0.717, 1.165) is 43.0 Å². The maximum Gasteiger partial charge on any atom is 0.257 e. The van der Waals surface area contributed by atoms with E-state index in [-0.39, 0.29) is 11.9 Å². The van der Waals surface area contributed by atoms with E-state index in [1.165, 1.54) is 0 Å². The third-order valence-corrected chi connectivity index (χ3v) is 5.26. The Hall–Kier alpha value is -2.60. The summed E-state index contributed by atoms with van der Waals surface area (Å²) in [7, 11) is 0. The number of rotatable bonds is 4. The van der Waals surface area contributed by atoms with Crippen molar-refractivity contribution in [3.05, 3.63) is 59.3 Å². The van der Waals surface area contributed by atoms with Crippen LogP contribution in [0.3, 0.4) is 0 Å². The zero-order chi connectivity index (χ0) is 18.8. The molecule has 1 saturated carbocycles. The Morgan fingerprint density at radius 1 is 1.07 bits per heavy atom. The number of aryl methyl sites for hydroxylation is 1. The summed E-state index contributed by atoms with van der Waals surface area (Å²) >= 11 is 6.02. The summed E-state index contributed by atoms with van der Waals surface area (Å²) in [5, 5.41) is 19.3. The fraction of sp³-hybridized carbons (Fsp3) is 0.350. The summed E-state index contributed by atoms with van der Waals surface area (Å²) in [4.78, 5) is 4.10. The fourth-order valence-corrected chi connectivity index (χ4v) is 3.75. The first kappa shape index (κ1) is 17.8. The molecule has 1 N–H and O–H groups in total. The third kappa shape index (κ3) is 3.76. The number of aromatic hydroxyl groups is 1. The van der Waals surface area contributed by atoms with Crippen LogP contribution >= 0.6 is 11.6 Å². The van der Waals surface area contributed by atoms with E-state index in [4.69, 9.17) is 16.3 Å². The van der Waals surface area contributed by atoms with Gasteiger partial charge in [-0.3, -0.25) is 4.57 Å². The molecule has 27 heavy (non-hydrogen) atoms. The monoisotopic (exact) mass is 384 g/mol.